The number of carbonyl (C=O) groups is 2. The van der Waals surface area contributed by atoms with Crippen LogP contribution in [0.15, 0.2) is 48.5 Å². The lowest BCUT2D eigenvalue weighted by atomic mass is 10.0. The maximum Gasteiger partial charge on any atom is 0.259 e. The molecule has 0 radical (unpaired) electrons. The van der Waals surface area contributed by atoms with Crippen molar-refractivity contribution in [2.75, 3.05) is 32.7 Å². The van der Waals surface area contributed by atoms with E-state index < -0.39 is 12.1 Å². The van der Waals surface area contributed by atoms with Crippen molar-refractivity contribution in [3.8, 4) is 5.75 Å². The molecule has 1 fully saturated rings. The average Bonchev–Trinajstić information content (AvgIpc) is 2.70. The Kier molecular flexibility index (Phi) is 5.73. The third-order valence-corrected chi connectivity index (χ3v) is 4.63. The van der Waals surface area contributed by atoms with Gasteiger partial charge in [0, 0.05) is 12.7 Å². The molecule has 0 spiro atoms. The highest BCUT2D eigenvalue weighted by molar-refractivity contribution is 6.06. The van der Waals surface area contributed by atoms with E-state index in [2.05, 4.69) is 5.32 Å². The minimum atomic E-state index is -0.877. The van der Waals surface area contributed by atoms with E-state index in [0.717, 1.165) is 0 Å². The van der Waals surface area contributed by atoms with Gasteiger partial charge in [0.2, 0.25) is 5.91 Å². The molecule has 142 valence electrons. The first kappa shape index (κ1) is 18.9. The number of hydrogen-bond acceptors (Lipinski definition) is 5. The van der Waals surface area contributed by atoms with Crippen LogP contribution in [0.1, 0.15) is 22.0 Å². The highest BCUT2D eigenvalue weighted by Crippen LogP contribution is 2.25. The summed E-state index contributed by atoms with van der Waals surface area (Å²) in [5.74, 6) is 0.0461. The maximum absolute atomic E-state index is 12.4. The number of nitrogens with zero attached hydrogens (tertiary/aromatic N) is 1. The molecule has 0 saturated carbocycles. The summed E-state index contributed by atoms with van der Waals surface area (Å²) >= 11 is 0. The van der Waals surface area contributed by atoms with Crippen molar-refractivity contribution >= 4 is 17.5 Å². The Morgan fingerprint density at radius 2 is 1.96 bits per heavy atom. The second-order valence-corrected chi connectivity index (χ2v) is 6.31. The van der Waals surface area contributed by atoms with Crippen LogP contribution in [0.2, 0.25) is 0 Å². The second kappa shape index (κ2) is 8.20. The van der Waals surface area contributed by atoms with Crippen LogP contribution in [0.3, 0.4) is 0 Å². The van der Waals surface area contributed by atoms with Gasteiger partial charge in [0.15, 0.2) is 0 Å². The Morgan fingerprint density at radius 1 is 1.26 bits per heavy atom. The van der Waals surface area contributed by atoms with Crippen LogP contribution in [0.5, 0.6) is 5.75 Å². The summed E-state index contributed by atoms with van der Waals surface area (Å²) in [5, 5.41) is 13.4. The van der Waals surface area contributed by atoms with Crippen LogP contribution < -0.4 is 10.1 Å². The van der Waals surface area contributed by atoms with E-state index in [1.807, 2.05) is 0 Å². The first-order chi connectivity index (χ1) is 13.0. The van der Waals surface area contributed by atoms with Gasteiger partial charge in [0.05, 0.1) is 25.3 Å². The predicted octanol–water partition coefficient (Wildman–Crippen LogP) is 1.84. The molecular weight excluding hydrogens is 348 g/mol. The SMILES string of the molecule is COc1ccccc1C(=O)Nc1ccc(C(O)[C@H]2COCC(=O)N2C)cc1. The molecule has 2 atom stereocenters. The van der Waals surface area contributed by atoms with E-state index in [9.17, 15) is 14.7 Å². The lowest BCUT2D eigenvalue weighted by Crippen LogP contribution is -2.49. The summed E-state index contributed by atoms with van der Waals surface area (Å²) in [6.45, 7) is 0.309. The molecule has 0 aliphatic carbocycles. The first-order valence-electron chi connectivity index (χ1n) is 8.57. The van der Waals surface area contributed by atoms with Crippen LogP contribution in [0, 0.1) is 0 Å². The van der Waals surface area contributed by atoms with E-state index in [1.165, 1.54) is 12.0 Å². The lowest BCUT2D eigenvalue weighted by molar-refractivity contribution is -0.151. The Morgan fingerprint density at radius 3 is 2.67 bits per heavy atom. The van der Waals surface area contributed by atoms with E-state index in [-0.39, 0.29) is 25.0 Å². The number of aliphatic hydroxyl groups is 1. The molecule has 1 saturated heterocycles. The highest BCUT2D eigenvalue weighted by atomic mass is 16.5. The predicted molar refractivity (Wildman–Crippen MR) is 99.7 cm³/mol. The fourth-order valence-corrected chi connectivity index (χ4v) is 2.98. The average molecular weight is 370 g/mol. The van der Waals surface area contributed by atoms with Gasteiger partial charge in [0.1, 0.15) is 18.5 Å². The van der Waals surface area contributed by atoms with Gasteiger partial charge in [-0.05, 0) is 29.8 Å². The molecule has 27 heavy (non-hydrogen) atoms. The van der Waals surface area contributed by atoms with Gasteiger partial charge in [-0.2, -0.15) is 0 Å². The number of hydrogen-bond donors (Lipinski definition) is 2. The molecule has 3 rings (SSSR count). The molecule has 0 aromatic heterocycles. The van der Waals surface area contributed by atoms with Crippen molar-refractivity contribution in [3.63, 3.8) is 0 Å². The molecule has 7 heteroatoms. The largest absolute Gasteiger partial charge is 0.496 e. The smallest absolute Gasteiger partial charge is 0.259 e. The van der Waals surface area contributed by atoms with Gasteiger partial charge < -0.3 is 24.8 Å². The number of nitrogens with one attached hydrogen (secondary N) is 1. The molecule has 1 aliphatic rings. The fraction of sp³-hybridized carbons (Fsp3) is 0.300. The van der Waals surface area contributed by atoms with E-state index in [0.29, 0.717) is 22.6 Å². The number of ether oxygens (including phenoxy) is 2. The minimum Gasteiger partial charge on any atom is -0.496 e. The van der Waals surface area contributed by atoms with Crippen molar-refractivity contribution in [2.45, 2.75) is 12.1 Å². The van der Waals surface area contributed by atoms with E-state index in [4.69, 9.17) is 9.47 Å². The zero-order valence-corrected chi connectivity index (χ0v) is 15.2. The van der Waals surface area contributed by atoms with Gasteiger partial charge in [-0.1, -0.05) is 24.3 Å². The summed E-state index contributed by atoms with van der Waals surface area (Å²) < 4.78 is 10.4. The summed E-state index contributed by atoms with van der Waals surface area (Å²) in [4.78, 5) is 25.7. The summed E-state index contributed by atoms with van der Waals surface area (Å²) in [6.07, 6.45) is -0.877. The zero-order chi connectivity index (χ0) is 19.4. The molecule has 1 unspecified atom stereocenters. The van der Waals surface area contributed by atoms with Gasteiger partial charge in [0.25, 0.3) is 5.91 Å². The monoisotopic (exact) mass is 370 g/mol. The Labute approximate surface area is 157 Å². The summed E-state index contributed by atoms with van der Waals surface area (Å²) in [6, 6.07) is 13.4. The van der Waals surface area contributed by atoms with Crippen molar-refractivity contribution in [1.29, 1.82) is 0 Å². The number of rotatable bonds is 5. The number of anilines is 1. The molecule has 1 aliphatic heterocycles. The Hall–Kier alpha value is -2.90. The third-order valence-electron chi connectivity index (χ3n) is 4.63. The normalized spacial score (nSPS) is 18.1. The van der Waals surface area contributed by atoms with Crippen molar-refractivity contribution < 1.29 is 24.2 Å². The molecule has 0 bridgehead atoms. The van der Waals surface area contributed by atoms with Crippen LogP contribution >= 0.6 is 0 Å². The number of para-hydroxylation sites is 1. The van der Waals surface area contributed by atoms with Gasteiger partial charge in [-0.25, -0.2) is 0 Å². The number of methoxy groups -OCH3 is 1. The number of amides is 2. The van der Waals surface area contributed by atoms with Gasteiger partial charge in [-0.15, -0.1) is 0 Å². The molecule has 2 amide bonds. The number of morpholine rings is 1. The number of likely N-dealkylation sites (N-methyl/N-ethyl adjacent to an activating group) is 1. The maximum atomic E-state index is 12.4. The van der Waals surface area contributed by atoms with Crippen LogP contribution in [-0.2, 0) is 9.53 Å². The molecule has 2 N–H and O–H groups in total. The van der Waals surface area contributed by atoms with Crippen LogP contribution in [0.4, 0.5) is 5.69 Å². The quantitative estimate of drug-likeness (QED) is 0.839. The van der Waals surface area contributed by atoms with Crippen LogP contribution in [-0.4, -0.2) is 55.2 Å². The second-order valence-electron chi connectivity index (χ2n) is 6.31. The number of aliphatic hydroxyl groups excluding tert-OH is 1. The van der Waals surface area contributed by atoms with Crippen molar-refractivity contribution in [1.82, 2.24) is 4.90 Å². The molecule has 7 nitrogen and oxygen atoms in total. The minimum absolute atomic E-state index is 0.0354. The molecule has 2 aromatic carbocycles. The topological polar surface area (TPSA) is 88.1 Å². The summed E-state index contributed by atoms with van der Waals surface area (Å²) in [5.41, 5.74) is 1.66. The van der Waals surface area contributed by atoms with Crippen LogP contribution in [0.25, 0.3) is 0 Å². The van der Waals surface area contributed by atoms with Crippen molar-refractivity contribution in [3.05, 3.63) is 59.7 Å². The zero-order valence-electron chi connectivity index (χ0n) is 15.2. The lowest BCUT2D eigenvalue weighted by Gasteiger charge is -2.35. The van der Waals surface area contributed by atoms with Gasteiger partial charge in [-0.3, -0.25) is 9.59 Å². The number of carbonyl (C=O) groups excluding carboxylic acids is 2. The number of benzene rings is 2. The molecular formula is C20H22N2O5. The van der Waals surface area contributed by atoms with Gasteiger partial charge >= 0.3 is 0 Å². The summed E-state index contributed by atoms with van der Waals surface area (Å²) in [7, 11) is 3.17. The standard InChI is InChI=1S/C20H22N2O5/c1-22-16(11-27-12-18(22)23)19(24)13-7-9-14(10-8-13)21-20(25)15-5-3-4-6-17(15)26-2/h3-10,16,19,24H,11-12H2,1-2H3,(H,21,25)/t16-,19?/m1/s1. The molecule has 2 aromatic rings. The highest BCUT2D eigenvalue weighted by Gasteiger charge is 2.32. The Balaban J connectivity index is 1.70. The van der Waals surface area contributed by atoms with Crippen molar-refractivity contribution in [2.24, 2.45) is 0 Å². The third kappa shape index (κ3) is 4.10. The molecule has 1 heterocycles. The fourth-order valence-electron chi connectivity index (χ4n) is 2.98. The van der Waals surface area contributed by atoms with E-state index >= 15 is 0 Å². The van der Waals surface area contributed by atoms with E-state index in [1.54, 1.807) is 55.6 Å². The Bertz CT molecular complexity index is 821. The first-order valence-corrected chi connectivity index (χ1v) is 8.57.